The van der Waals surface area contributed by atoms with Crippen LogP contribution in [0.4, 0.5) is 0 Å². The maximum absolute atomic E-state index is 10.8. The number of aliphatic hydroxyl groups is 1. The second kappa shape index (κ2) is 5.09. The molecule has 0 saturated heterocycles. The van der Waals surface area contributed by atoms with Crippen LogP contribution in [0.15, 0.2) is 30.3 Å². The molecule has 0 aliphatic carbocycles. The fourth-order valence-corrected chi connectivity index (χ4v) is 1.35. The Kier molecular flexibility index (Phi) is 4.04. The van der Waals surface area contributed by atoms with Gasteiger partial charge in [0, 0.05) is 6.54 Å². The lowest BCUT2D eigenvalue weighted by Gasteiger charge is -2.25. The molecule has 0 saturated carbocycles. The van der Waals surface area contributed by atoms with Crippen LogP contribution < -0.4 is 11.1 Å². The molecule has 0 heterocycles. The number of carbonyl (C=O) groups excluding carboxylic acids is 1. The zero-order valence-electron chi connectivity index (χ0n) is 9.60. The summed E-state index contributed by atoms with van der Waals surface area (Å²) >= 11 is 0. The van der Waals surface area contributed by atoms with E-state index < -0.39 is 17.6 Å². The molecule has 1 amide bonds. The average Bonchev–Trinajstić information content (AvgIpc) is 2.27. The fourth-order valence-electron chi connectivity index (χ4n) is 1.35. The molecule has 0 aliphatic heterocycles. The maximum atomic E-state index is 10.8. The third kappa shape index (κ3) is 3.32. The van der Waals surface area contributed by atoms with Gasteiger partial charge in [-0.1, -0.05) is 30.3 Å². The molecule has 4 heteroatoms. The quantitative estimate of drug-likeness (QED) is 0.673. The van der Waals surface area contributed by atoms with Crippen LogP contribution in [-0.4, -0.2) is 23.6 Å². The normalized spacial score (nSPS) is 16.4. The maximum Gasteiger partial charge on any atom is 0.234 e. The van der Waals surface area contributed by atoms with Crippen molar-refractivity contribution >= 4 is 5.91 Å². The van der Waals surface area contributed by atoms with E-state index in [1.807, 2.05) is 30.3 Å². The van der Waals surface area contributed by atoms with E-state index in [1.165, 1.54) is 0 Å². The zero-order valence-corrected chi connectivity index (χ0v) is 9.60. The van der Waals surface area contributed by atoms with Crippen LogP contribution in [0.1, 0.15) is 19.4 Å². The largest absolute Gasteiger partial charge is 0.384 e. The number of hydrogen-bond acceptors (Lipinski definition) is 3. The van der Waals surface area contributed by atoms with Crippen molar-refractivity contribution in [2.24, 2.45) is 5.73 Å². The lowest BCUT2D eigenvalue weighted by molar-refractivity contribution is -0.119. The standard InChI is InChI=1S/C12H18N2O2/c1-9(11(13)15)14-8-12(2,16)10-6-4-3-5-7-10/h3-7,9,14,16H,8H2,1-2H3,(H2,13,15). The minimum Gasteiger partial charge on any atom is -0.384 e. The molecule has 0 aromatic heterocycles. The van der Waals surface area contributed by atoms with Gasteiger partial charge < -0.3 is 16.2 Å². The molecule has 2 atom stereocenters. The molecule has 4 N–H and O–H groups in total. The summed E-state index contributed by atoms with van der Waals surface area (Å²) < 4.78 is 0. The molecule has 4 nitrogen and oxygen atoms in total. The molecular weight excluding hydrogens is 204 g/mol. The van der Waals surface area contributed by atoms with Gasteiger partial charge in [0.05, 0.1) is 11.6 Å². The summed E-state index contributed by atoms with van der Waals surface area (Å²) in [5.74, 6) is -0.427. The first-order chi connectivity index (χ1) is 7.43. The van der Waals surface area contributed by atoms with Crippen LogP contribution in [0, 0.1) is 0 Å². The molecular formula is C12H18N2O2. The van der Waals surface area contributed by atoms with E-state index in [0.717, 1.165) is 5.56 Å². The number of carbonyl (C=O) groups is 1. The minimum atomic E-state index is -1.01. The van der Waals surface area contributed by atoms with Gasteiger partial charge in [0.1, 0.15) is 0 Å². The van der Waals surface area contributed by atoms with Gasteiger partial charge in [0.2, 0.25) is 5.91 Å². The molecule has 1 aromatic carbocycles. The van der Waals surface area contributed by atoms with Crippen LogP contribution in [-0.2, 0) is 10.4 Å². The van der Waals surface area contributed by atoms with Gasteiger partial charge in [-0.3, -0.25) is 4.79 Å². The number of benzene rings is 1. The molecule has 16 heavy (non-hydrogen) atoms. The third-order valence-electron chi connectivity index (χ3n) is 2.57. The molecule has 1 aromatic rings. The van der Waals surface area contributed by atoms with Crippen molar-refractivity contribution in [1.29, 1.82) is 0 Å². The van der Waals surface area contributed by atoms with Crippen molar-refractivity contribution in [1.82, 2.24) is 5.32 Å². The summed E-state index contributed by atoms with van der Waals surface area (Å²) in [4.78, 5) is 10.8. The predicted octanol–water partition coefficient (Wildman–Crippen LogP) is 0.358. The Balaban J connectivity index is 2.62. The van der Waals surface area contributed by atoms with Crippen molar-refractivity contribution in [3.05, 3.63) is 35.9 Å². The first-order valence-electron chi connectivity index (χ1n) is 5.24. The lowest BCUT2D eigenvalue weighted by atomic mass is 9.96. The number of amides is 1. The molecule has 0 aliphatic rings. The third-order valence-corrected chi connectivity index (χ3v) is 2.57. The zero-order chi connectivity index (χ0) is 12.2. The molecule has 0 radical (unpaired) electrons. The molecule has 2 unspecified atom stereocenters. The number of hydrogen-bond donors (Lipinski definition) is 3. The summed E-state index contributed by atoms with van der Waals surface area (Å²) in [5.41, 5.74) is 4.92. The van der Waals surface area contributed by atoms with Crippen LogP contribution >= 0.6 is 0 Å². The topological polar surface area (TPSA) is 75.3 Å². The second-order valence-corrected chi connectivity index (χ2v) is 4.14. The molecule has 88 valence electrons. The summed E-state index contributed by atoms with van der Waals surface area (Å²) in [6.07, 6.45) is 0. The lowest BCUT2D eigenvalue weighted by Crippen LogP contribution is -2.45. The Morgan fingerprint density at radius 2 is 2.06 bits per heavy atom. The van der Waals surface area contributed by atoms with Gasteiger partial charge in [0.25, 0.3) is 0 Å². The highest BCUT2D eigenvalue weighted by atomic mass is 16.3. The van der Waals surface area contributed by atoms with E-state index in [-0.39, 0.29) is 6.54 Å². The van der Waals surface area contributed by atoms with E-state index in [4.69, 9.17) is 5.73 Å². The molecule has 0 bridgehead atoms. The number of rotatable bonds is 5. The predicted molar refractivity (Wildman–Crippen MR) is 62.7 cm³/mol. The van der Waals surface area contributed by atoms with Crippen molar-refractivity contribution in [2.75, 3.05) is 6.54 Å². The Bertz CT molecular complexity index is 349. The summed E-state index contributed by atoms with van der Waals surface area (Å²) in [6.45, 7) is 3.65. The number of nitrogens with one attached hydrogen (secondary N) is 1. The van der Waals surface area contributed by atoms with E-state index in [0.29, 0.717) is 0 Å². The van der Waals surface area contributed by atoms with Gasteiger partial charge in [-0.05, 0) is 19.4 Å². The SMILES string of the molecule is CC(NCC(C)(O)c1ccccc1)C(N)=O. The first-order valence-corrected chi connectivity index (χ1v) is 5.24. The van der Waals surface area contributed by atoms with Crippen molar-refractivity contribution in [3.8, 4) is 0 Å². The second-order valence-electron chi connectivity index (χ2n) is 4.14. The highest BCUT2D eigenvalue weighted by Crippen LogP contribution is 2.18. The van der Waals surface area contributed by atoms with Crippen LogP contribution in [0.25, 0.3) is 0 Å². The van der Waals surface area contributed by atoms with Gasteiger partial charge in [0.15, 0.2) is 0 Å². The van der Waals surface area contributed by atoms with Gasteiger partial charge in [-0.15, -0.1) is 0 Å². The number of primary amides is 1. The van der Waals surface area contributed by atoms with Crippen molar-refractivity contribution in [2.45, 2.75) is 25.5 Å². The van der Waals surface area contributed by atoms with E-state index in [9.17, 15) is 9.90 Å². The monoisotopic (exact) mass is 222 g/mol. The van der Waals surface area contributed by atoms with Gasteiger partial charge in [-0.2, -0.15) is 0 Å². The Morgan fingerprint density at radius 3 is 2.56 bits per heavy atom. The summed E-state index contributed by atoms with van der Waals surface area (Å²) in [6, 6.07) is 8.85. The fraction of sp³-hybridized carbons (Fsp3) is 0.417. The molecule has 1 rings (SSSR count). The minimum absolute atomic E-state index is 0.279. The Hall–Kier alpha value is -1.39. The highest BCUT2D eigenvalue weighted by Gasteiger charge is 2.23. The summed E-state index contributed by atoms with van der Waals surface area (Å²) in [7, 11) is 0. The molecule has 0 spiro atoms. The number of nitrogens with two attached hydrogens (primary N) is 1. The van der Waals surface area contributed by atoms with Crippen LogP contribution in [0.2, 0.25) is 0 Å². The molecule has 0 fully saturated rings. The highest BCUT2D eigenvalue weighted by molar-refractivity contribution is 5.79. The van der Waals surface area contributed by atoms with E-state index in [1.54, 1.807) is 13.8 Å². The smallest absolute Gasteiger partial charge is 0.234 e. The van der Waals surface area contributed by atoms with Crippen molar-refractivity contribution in [3.63, 3.8) is 0 Å². The summed E-state index contributed by atoms with van der Waals surface area (Å²) in [5, 5.41) is 13.1. The van der Waals surface area contributed by atoms with E-state index in [2.05, 4.69) is 5.32 Å². The van der Waals surface area contributed by atoms with E-state index >= 15 is 0 Å². The Labute approximate surface area is 95.5 Å². The van der Waals surface area contributed by atoms with Crippen molar-refractivity contribution < 1.29 is 9.90 Å². The van der Waals surface area contributed by atoms with Crippen LogP contribution in [0.5, 0.6) is 0 Å². The average molecular weight is 222 g/mol. The Morgan fingerprint density at radius 1 is 1.50 bits per heavy atom. The first kappa shape index (κ1) is 12.7. The van der Waals surface area contributed by atoms with Gasteiger partial charge >= 0.3 is 0 Å². The van der Waals surface area contributed by atoms with Gasteiger partial charge in [-0.25, -0.2) is 0 Å². The van der Waals surface area contributed by atoms with Crippen LogP contribution in [0.3, 0.4) is 0 Å².